The maximum atomic E-state index is 4.58. The minimum Gasteiger partial charge on any atom is -0.354 e. The molecule has 24 heavy (non-hydrogen) atoms. The van der Waals surface area contributed by atoms with E-state index in [1.807, 2.05) is 31.2 Å². The van der Waals surface area contributed by atoms with Crippen LogP contribution < -0.4 is 10.6 Å². The molecule has 0 aliphatic heterocycles. The fourth-order valence-electron chi connectivity index (χ4n) is 2.44. The van der Waals surface area contributed by atoms with Gasteiger partial charge in [-0.2, -0.15) is 4.98 Å². The maximum Gasteiger partial charge on any atom is 0.225 e. The van der Waals surface area contributed by atoms with Crippen LogP contribution in [0.4, 0.5) is 17.5 Å². The lowest BCUT2D eigenvalue weighted by atomic mass is 10.1. The summed E-state index contributed by atoms with van der Waals surface area (Å²) < 4.78 is 0. The van der Waals surface area contributed by atoms with Crippen LogP contribution in [0, 0.1) is 13.8 Å². The Morgan fingerprint density at radius 2 is 1.79 bits per heavy atom. The van der Waals surface area contributed by atoms with E-state index >= 15 is 0 Å². The lowest BCUT2D eigenvalue weighted by Gasteiger charge is -2.13. The van der Waals surface area contributed by atoms with Crippen molar-refractivity contribution in [1.82, 2.24) is 15.0 Å². The van der Waals surface area contributed by atoms with Crippen molar-refractivity contribution in [1.29, 1.82) is 0 Å². The summed E-state index contributed by atoms with van der Waals surface area (Å²) in [5.41, 5.74) is 5.38. The largest absolute Gasteiger partial charge is 0.354 e. The van der Waals surface area contributed by atoms with Gasteiger partial charge >= 0.3 is 0 Å². The monoisotopic (exact) mass is 319 g/mol. The van der Waals surface area contributed by atoms with Crippen molar-refractivity contribution >= 4 is 17.5 Å². The second-order valence-corrected chi connectivity index (χ2v) is 5.60. The number of aryl methyl sites for hydroxylation is 1. The van der Waals surface area contributed by atoms with E-state index in [1.165, 1.54) is 11.1 Å². The first-order valence-electron chi connectivity index (χ1n) is 8.04. The molecule has 0 saturated heterocycles. The van der Waals surface area contributed by atoms with Crippen LogP contribution in [0.25, 0.3) is 11.3 Å². The van der Waals surface area contributed by atoms with E-state index in [2.05, 4.69) is 51.6 Å². The molecular formula is C19H21N5. The summed E-state index contributed by atoms with van der Waals surface area (Å²) in [6.07, 6.45) is 3.53. The number of rotatable bonds is 5. The molecule has 0 aliphatic carbocycles. The summed E-state index contributed by atoms with van der Waals surface area (Å²) in [7, 11) is 0. The Hall–Kier alpha value is -2.95. The van der Waals surface area contributed by atoms with Gasteiger partial charge in [0.05, 0.1) is 5.69 Å². The minimum absolute atomic E-state index is 0.611. The quantitative estimate of drug-likeness (QED) is 0.733. The van der Waals surface area contributed by atoms with E-state index in [1.54, 1.807) is 12.4 Å². The van der Waals surface area contributed by atoms with Gasteiger partial charge in [-0.05, 0) is 50.1 Å². The van der Waals surface area contributed by atoms with Crippen LogP contribution in [0.15, 0.2) is 48.8 Å². The summed E-state index contributed by atoms with van der Waals surface area (Å²) in [5, 5.41) is 6.61. The Bertz CT molecular complexity index is 830. The molecular weight excluding hydrogens is 298 g/mol. The zero-order valence-electron chi connectivity index (χ0n) is 14.2. The van der Waals surface area contributed by atoms with Gasteiger partial charge in [0.25, 0.3) is 0 Å². The fourth-order valence-corrected chi connectivity index (χ4v) is 2.44. The predicted molar refractivity (Wildman–Crippen MR) is 98.6 cm³/mol. The fraction of sp³-hybridized carbons (Fsp3) is 0.211. The number of aromatic nitrogens is 3. The molecule has 5 heteroatoms. The number of benzene rings is 1. The van der Waals surface area contributed by atoms with E-state index in [0.29, 0.717) is 5.95 Å². The molecule has 2 aromatic heterocycles. The molecule has 0 spiro atoms. The van der Waals surface area contributed by atoms with Crippen molar-refractivity contribution in [2.75, 3.05) is 17.2 Å². The number of nitrogens with one attached hydrogen (secondary N) is 2. The molecule has 0 radical (unpaired) electrons. The zero-order valence-corrected chi connectivity index (χ0v) is 14.2. The highest BCUT2D eigenvalue weighted by atomic mass is 15.1. The first-order valence-corrected chi connectivity index (χ1v) is 8.04. The highest BCUT2D eigenvalue weighted by molar-refractivity contribution is 5.68. The lowest BCUT2D eigenvalue weighted by molar-refractivity contribution is 1.09. The van der Waals surface area contributed by atoms with Gasteiger partial charge in [0.2, 0.25) is 5.95 Å². The molecule has 3 aromatic rings. The molecule has 0 fully saturated rings. The van der Waals surface area contributed by atoms with Crippen LogP contribution >= 0.6 is 0 Å². The minimum atomic E-state index is 0.611. The van der Waals surface area contributed by atoms with Gasteiger partial charge in [0.15, 0.2) is 0 Å². The van der Waals surface area contributed by atoms with Gasteiger partial charge in [-0.15, -0.1) is 0 Å². The van der Waals surface area contributed by atoms with E-state index in [4.69, 9.17) is 0 Å². The van der Waals surface area contributed by atoms with Gasteiger partial charge in [-0.1, -0.05) is 12.1 Å². The molecule has 2 heterocycles. The molecule has 0 saturated carbocycles. The van der Waals surface area contributed by atoms with Crippen LogP contribution in [0.2, 0.25) is 0 Å². The SMILES string of the molecule is CCNc1nc(Nc2cccc(C)c2C)cc(-c2ccncc2)n1. The van der Waals surface area contributed by atoms with Gasteiger partial charge in [0.1, 0.15) is 5.82 Å². The molecule has 0 bridgehead atoms. The number of hydrogen-bond donors (Lipinski definition) is 2. The maximum absolute atomic E-state index is 4.58. The normalized spacial score (nSPS) is 10.5. The molecule has 5 nitrogen and oxygen atoms in total. The van der Waals surface area contributed by atoms with Crippen LogP contribution in [0.1, 0.15) is 18.1 Å². The summed E-state index contributed by atoms with van der Waals surface area (Å²) in [6, 6.07) is 12.1. The Labute approximate surface area is 142 Å². The lowest BCUT2D eigenvalue weighted by Crippen LogP contribution is -2.06. The van der Waals surface area contributed by atoms with Crippen molar-refractivity contribution in [2.45, 2.75) is 20.8 Å². The van der Waals surface area contributed by atoms with Crippen LogP contribution in [0.5, 0.6) is 0 Å². The van der Waals surface area contributed by atoms with E-state index < -0.39 is 0 Å². The number of pyridine rings is 1. The van der Waals surface area contributed by atoms with Crippen LogP contribution in [0.3, 0.4) is 0 Å². The van der Waals surface area contributed by atoms with Crippen molar-refractivity contribution in [3.63, 3.8) is 0 Å². The van der Waals surface area contributed by atoms with E-state index in [0.717, 1.165) is 29.3 Å². The molecule has 1 aromatic carbocycles. The Kier molecular flexibility index (Phi) is 4.70. The highest BCUT2D eigenvalue weighted by Gasteiger charge is 2.08. The molecule has 0 unspecified atom stereocenters. The Morgan fingerprint density at radius 3 is 2.54 bits per heavy atom. The standard InChI is InChI=1S/C19H21N5/c1-4-21-19-23-17(15-8-10-20-11-9-15)12-18(24-19)22-16-7-5-6-13(2)14(16)3/h5-12H,4H2,1-3H3,(H2,21,22,23,24). The van der Waals surface area contributed by atoms with Crippen molar-refractivity contribution in [2.24, 2.45) is 0 Å². The van der Waals surface area contributed by atoms with Crippen molar-refractivity contribution in [3.05, 3.63) is 59.9 Å². The number of anilines is 3. The Balaban J connectivity index is 2.00. The number of hydrogen-bond acceptors (Lipinski definition) is 5. The molecule has 0 amide bonds. The second-order valence-electron chi connectivity index (χ2n) is 5.60. The first kappa shape index (κ1) is 15.9. The molecule has 0 atom stereocenters. The summed E-state index contributed by atoms with van der Waals surface area (Å²) >= 11 is 0. The van der Waals surface area contributed by atoms with Gasteiger partial charge in [-0.3, -0.25) is 4.98 Å². The van der Waals surface area contributed by atoms with Crippen molar-refractivity contribution in [3.8, 4) is 11.3 Å². The van der Waals surface area contributed by atoms with Gasteiger partial charge in [0, 0.05) is 36.3 Å². The van der Waals surface area contributed by atoms with Gasteiger partial charge < -0.3 is 10.6 Å². The summed E-state index contributed by atoms with van der Waals surface area (Å²) in [6.45, 7) is 7.00. The zero-order chi connectivity index (χ0) is 16.9. The summed E-state index contributed by atoms with van der Waals surface area (Å²) in [5.74, 6) is 1.38. The molecule has 2 N–H and O–H groups in total. The molecule has 122 valence electrons. The van der Waals surface area contributed by atoms with Crippen LogP contribution in [-0.4, -0.2) is 21.5 Å². The number of nitrogens with zero attached hydrogens (tertiary/aromatic N) is 3. The average Bonchev–Trinajstić information content (AvgIpc) is 2.60. The van der Waals surface area contributed by atoms with E-state index in [-0.39, 0.29) is 0 Å². The molecule has 3 rings (SSSR count). The third-order valence-electron chi connectivity index (χ3n) is 3.90. The third kappa shape index (κ3) is 3.51. The highest BCUT2D eigenvalue weighted by Crippen LogP contribution is 2.25. The topological polar surface area (TPSA) is 62.7 Å². The van der Waals surface area contributed by atoms with Crippen LogP contribution in [-0.2, 0) is 0 Å². The summed E-state index contributed by atoms with van der Waals surface area (Å²) in [4.78, 5) is 13.2. The smallest absolute Gasteiger partial charge is 0.225 e. The second kappa shape index (κ2) is 7.08. The van der Waals surface area contributed by atoms with Gasteiger partial charge in [-0.25, -0.2) is 4.98 Å². The Morgan fingerprint density at radius 1 is 1.00 bits per heavy atom. The predicted octanol–water partition coefficient (Wildman–Crippen LogP) is 4.33. The van der Waals surface area contributed by atoms with E-state index in [9.17, 15) is 0 Å². The third-order valence-corrected chi connectivity index (χ3v) is 3.90. The molecule has 0 aliphatic rings. The first-order chi connectivity index (χ1) is 11.7. The average molecular weight is 319 g/mol. The van der Waals surface area contributed by atoms with Crippen molar-refractivity contribution < 1.29 is 0 Å².